The summed E-state index contributed by atoms with van der Waals surface area (Å²) < 4.78 is 2.07. The van der Waals surface area contributed by atoms with Crippen molar-refractivity contribution < 1.29 is 0 Å². The molecule has 0 atom stereocenters. The molecule has 1 aliphatic heterocycles. The van der Waals surface area contributed by atoms with E-state index in [1.54, 1.807) is 11.3 Å². The molecule has 2 N–H and O–H groups in total. The lowest BCUT2D eigenvalue weighted by atomic mass is 10.2. The number of nitrogens with zero attached hydrogens (tertiary/aromatic N) is 4. The smallest absolute Gasteiger partial charge is 0.107 e. The molecule has 0 saturated carbocycles. The first-order chi connectivity index (χ1) is 8.36. The van der Waals surface area contributed by atoms with Crippen molar-refractivity contribution in [3.05, 3.63) is 34.0 Å². The molecule has 5 nitrogen and oxygen atoms in total. The molecule has 0 fully saturated rings. The summed E-state index contributed by atoms with van der Waals surface area (Å²) in [5.41, 5.74) is 8.14. The second kappa shape index (κ2) is 4.56. The van der Waals surface area contributed by atoms with E-state index in [9.17, 15) is 0 Å². The van der Waals surface area contributed by atoms with Crippen LogP contribution in [0.25, 0.3) is 0 Å². The first-order valence-corrected chi connectivity index (χ1v) is 6.59. The van der Waals surface area contributed by atoms with Gasteiger partial charge in [-0.15, -0.1) is 11.3 Å². The van der Waals surface area contributed by atoms with Gasteiger partial charge in [0.2, 0.25) is 0 Å². The minimum absolute atomic E-state index is 0.570. The molecular weight excluding hydrogens is 234 g/mol. The van der Waals surface area contributed by atoms with E-state index in [2.05, 4.69) is 19.7 Å². The molecule has 0 bridgehead atoms. The molecule has 0 aliphatic carbocycles. The fourth-order valence-electron chi connectivity index (χ4n) is 2.18. The Hall–Kier alpha value is -1.24. The van der Waals surface area contributed by atoms with Crippen LogP contribution in [-0.2, 0) is 26.2 Å². The zero-order valence-electron chi connectivity index (χ0n) is 9.54. The van der Waals surface area contributed by atoms with Crippen molar-refractivity contribution in [2.75, 3.05) is 6.54 Å². The second-order valence-electron chi connectivity index (χ2n) is 4.18. The molecule has 0 saturated heterocycles. The molecule has 0 aromatic carbocycles. The summed E-state index contributed by atoms with van der Waals surface area (Å²) >= 11 is 1.71. The van der Waals surface area contributed by atoms with E-state index in [-0.39, 0.29) is 0 Å². The van der Waals surface area contributed by atoms with Gasteiger partial charge in [-0.3, -0.25) is 9.58 Å². The number of fused-ring (bicyclic) bond motifs is 1. The fraction of sp³-hybridized carbons (Fsp3) is 0.455. The standard InChI is InChI=1S/C11H15N5S/c12-5-9-6-14-16-3-2-15(7-10(9)16)8-11-13-1-4-17-11/h1,4,6H,2-3,5,7-8,12H2. The van der Waals surface area contributed by atoms with Gasteiger partial charge in [0.25, 0.3) is 0 Å². The molecule has 1 aliphatic rings. The molecule has 2 aromatic rings. The lowest BCUT2D eigenvalue weighted by Crippen LogP contribution is -2.34. The van der Waals surface area contributed by atoms with E-state index in [0.29, 0.717) is 6.54 Å². The highest BCUT2D eigenvalue weighted by atomic mass is 32.1. The average Bonchev–Trinajstić information content (AvgIpc) is 2.97. The lowest BCUT2D eigenvalue weighted by Gasteiger charge is -2.27. The maximum Gasteiger partial charge on any atom is 0.107 e. The minimum Gasteiger partial charge on any atom is -0.326 e. The normalized spacial score (nSPS) is 16.1. The topological polar surface area (TPSA) is 60.0 Å². The van der Waals surface area contributed by atoms with Crippen LogP contribution in [0.5, 0.6) is 0 Å². The SMILES string of the molecule is NCc1cnn2c1CN(Cc1nccs1)CC2. The fourth-order valence-corrected chi connectivity index (χ4v) is 2.84. The predicted molar refractivity (Wildman–Crippen MR) is 66.3 cm³/mol. The first kappa shape index (κ1) is 10.9. The summed E-state index contributed by atoms with van der Waals surface area (Å²) in [5, 5.41) is 7.55. The maximum atomic E-state index is 5.72. The number of hydrogen-bond donors (Lipinski definition) is 1. The molecule has 0 amide bonds. The van der Waals surface area contributed by atoms with Gasteiger partial charge in [-0.25, -0.2) is 4.98 Å². The number of rotatable bonds is 3. The number of nitrogens with two attached hydrogens (primary N) is 1. The molecule has 0 unspecified atom stereocenters. The van der Waals surface area contributed by atoms with Crippen LogP contribution < -0.4 is 5.73 Å². The first-order valence-electron chi connectivity index (χ1n) is 5.71. The zero-order chi connectivity index (χ0) is 11.7. The quantitative estimate of drug-likeness (QED) is 0.874. The number of hydrogen-bond acceptors (Lipinski definition) is 5. The van der Waals surface area contributed by atoms with Crippen LogP contribution >= 0.6 is 11.3 Å². The molecule has 0 radical (unpaired) electrons. The Morgan fingerprint density at radius 2 is 2.35 bits per heavy atom. The van der Waals surface area contributed by atoms with Crippen LogP contribution in [0.1, 0.15) is 16.3 Å². The Balaban J connectivity index is 1.75. The molecule has 17 heavy (non-hydrogen) atoms. The third kappa shape index (κ3) is 2.11. The Kier molecular flexibility index (Phi) is 2.92. The Bertz CT molecular complexity index is 476. The van der Waals surface area contributed by atoms with Gasteiger partial charge in [0, 0.05) is 36.8 Å². The van der Waals surface area contributed by atoms with Crippen molar-refractivity contribution in [2.45, 2.75) is 26.2 Å². The van der Waals surface area contributed by atoms with Crippen molar-refractivity contribution in [2.24, 2.45) is 5.73 Å². The Morgan fingerprint density at radius 3 is 3.12 bits per heavy atom. The highest BCUT2D eigenvalue weighted by Gasteiger charge is 2.20. The van der Waals surface area contributed by atoms with Gasteiger partial charge in [0.1, 0.15) is 5.01 Å². The van der Waals surface area contributed by atoms with E-state index in [0.717, 1.165) is 31.7 Å². The van der Waals surface area contributed by atoms with Gasteiger partial charge in [-0.2, -0.15) is 5.10 Å². The third-order valence-corrected chi connectivity index (χ3v) is 3.86. The molecule has 90 valence electrons. The summed E-state index contributed by atoms with van der Waals surface area (Å²) in [7, 11) is 0. The van der Waals surface area contributed by atoms with Crippen LogP contribution in [0.4, 0.5) is 0 Å². The lowest BCUT2D eigenvalue weighted by molar-refractivity contribution is 0.204. The summed E-state index contributed by atoms with van der Waals surface area (Å²) in [5.74, 6) is 0. The number of aromatic nitrogens is 3. The maximum absolute atomic E-state index is 5.72. The summed E-state index contributed by atoms with van der Waals surface area (Å²) in [6.45, 7) is 4.39. The molecule has 0 spiro atoms. The summed E-state index contributed by atoms with van der Waals surface area (Å²) in [6, 6.07) is 0. The largest absolute Gasteiger partial charge is 0.326 e. The van der Waals surface area contributed by atoms with Crippen molar-refractivity contribution in [1.82, 2.24) is 19.7 Å². The van der Waals surface area contributed by atoms with E-state index in [1.165, 1.54) is 10.7 Å². The molecule has 3 rings (SSSR count). The van der Waals surface area contributed by atoms with Crippen LogP contribution in [0.15, 0.2) is 17.8 Å². The zero-order valence-corrected chi connectivity index (χ0v) is 10.4. The van der Waals surface area contributed by atoms with Crippen LogP contribution in [0.3, 0.4) is 0 Å². The van der Waals surface area contributed by atoms with Gasteiger partial charge in [0.15, 0.2) is 0 Å². The predicted octanol–water partition coefficient (Wildman–Crippen LogP) is 0.814. The van der Waals surface area contributed by atoms with Gasteiger partial charge < -0.3 is 5.73 Å². The van der Waals surface area contributed by atoms with Gasteiger partial charge in [-0.1, -0.05) is 0 Å². The molecular formula is C11H15N5S. The van der Waals surface area contributed by atoms with Gasteiger partial charge in [0.05, 0.1) is 25.0 Å². The average molecular weight is 249 g/mol. The van der Waals surface area contributed by atoms with Gasteiger partial charge in [-0.05, 0) is 0 Å². The molecule has 3 heterocycles. The van der Waals surface area contributed by atoms with Crippen molar-refractivity contribution in [3.8, 4) is 0 Å². The minimum atomic E-state index is 0.570. The third-order valence-electron chi connectivity index (χ3n) is 3.10. The monoisotopic (exact) mass is 249 g/mol. The van der Waals surface area contributed by atoms with Crippen LogP contribution in [-0.4, -0.2) is 26.2 Å². The van der Waals surface area contributed by atoms with Crippen molar-refractivity contribution in [1.29, 1.82) is 0 Å². The van der Waals surface area contributed by atoms with Crippen molar-refractivity contribution >= 4 is 11.3 Å². The van der Waals surface area contributed by atoms with E-state index in [1.807, 2.05) is 17.8 Å². The summed E-state index contributed by atoms with van der Waals surface area (Å²) in [4.78, 5) is 6.72. The summed E-state index contributed by atoms with van der Waals surface area (Å²) in [6.07, 6.45) is 3.75. The Morgan fingerprint density at radius 1 is 1.41 bits per heavy atom. The van der Waals surface area contributed by atoms with Crippen LogP contribution in [0.2, 0.25) is 0 Å². The highest BCUT2D eigenvalue weighted by Crippen LogP contribution is 2.18. The van der Waals surface area contributed by atoms with E-state index in [4.69, 9.17) is 5.73 Å². The number of thiazole rings is 1. The van der Waals surface area contributed by atoms with Gasteiger partial charge >= 0.3 is 0 Å². The van der Waals surface area contributed by atoms with E-state index >= 15 is 0 Å². The Labute approximate surface area is 104 Å². The second-order valence-corrected chi connectivity index (χ2v) is 5.16. The highest BCUT2D eigenvalue weighted by molar-refractivity contribution is 7.09. The van der Waals surface area contributed by atoms with E-state index < -0.39 is 0 Å². The van der Waals surface area contributed by atoms with Crippen LogP contribution in [0, 0.1) is 0 Å². The molecule has 2 aromatic heterocycles. The van der Waals surface area contributed by atoms with Crippen molar-refractivity contribution in [3.63, 3.8) is 0 Å². The molecule has 6 heteroatoms.